The molecule has 3 heterocycles. The van der Waals surface area contributed by atoms with Crippen LogP contribution < -0.4 is 4.90 Å². The summed E-state index contributed by atoms with van der Waals surface area (Å²) in [5.41, 5.74) is 7.68. The Labute approximate surface area is 192 Å². The van der Waals surface area contributed by atoms with Crippen LogP contribution in [0.5, 0.6) is 0 Å². The third-order valence-electron chi connectivity index (χ3n) is 6.76. The second-order valence-corrected chi connectivity index (χ2v) is 9.11. The average Bonchev–Trinajstić information content (AvgIpc) is 3.28. The number of benzene rings is 3. The minimum Gasteiger partial charge on any atom is -0.356 e. The summed E-state index contributed by atoms with van der Waals surface area (Å²) in [6.45, 7) is 4.10. The Morgan fingerprint density at radius 1 is 0.969 bits per heavy atom. The summed E-state index contributed by atoms with van der Waals surface area (Å²) in [5.74, 6) is 0.0545. The summed E-state index contributed by atoms with van der Waals surface area (Å²) in [4.78, 5) is 21.4. The van der Waals surface area contributed by atoms with E-state index in [1.165, 1.54) is 16.5 Å². The number of fused-ring (bicyclic) bond motifs is 4. The molecule has 2 aliphatic rings. The van der Waals surface area contributed by atoms with Gasteiger partial charge in [0.2, 0.25) is 0 Å². The second kappa shape index (κ2) is 7.04. The van der Waals surface area contributed by atoms with E-state index < -0.39 is 0 Å². The number of hydrogen-bond donors (Lipinski definition) is 1. The van der Waals surface area contributed by atoms with Gasteiger partial charge in [-0.05, 0) is 54.9 Å². The lowest BCUT2D eigenvalue weighted by atomic mass is 9.89. The van der Waals surface area contributed by atoms with Crippen molar-refractivity contribution in [1.82, 2.24) is 9.88 Å². The van der Waals surface area contributed by atoms with Gasteiger partial charge in [-0.1, -0.05) is 66.2 Å². The Hall–Kier alpha value is -3.44. The molecule has 1 saturated heterocycles. The number of aromatic nitrogens is 1. The predicted molar refractivity (Wildman–Crippen MR) is 132 cm³/mol. The first-order chi connectivity index (χ1) is 15.5. The Kier molecular flexibility index (Phi) is 4.24. The number of amides is 1. The van der Waals surface area contributed by atoms with E-state index in [4.69, 9.17) is 12.2 Å². The van der Waals surface area contributed by atoms with Gasteiger partial charge in [0.1, 0.15) is 6.04 Å². The van der Waals surface area contributed by atoms with Gasteiger partial charge >= 0.3 is 0 Å². The van der Waals surface area contributed by atoms with E-state index in [2.05, 4.69) is 53.2 Å². The minimum absolute atomic E-state index is 0.0545. The van der Waals surface area contributed by atoms with Gasteiger partial charge in [-0.3, -0.25) is 9.69 Å². The van der Waals surface area contributed by atoms with Crippen LogP contribution in [0.1, 0.15) is 34.0 Å². The first-order valence-electron chi connectivity index (χ1n) is 10.9. The van der Waals surface area contributed by atoms with Crippen LogP contribution in [0.4, 0.5) is 5.69 Å². The number of nitrogens with one attached hydrogen (secondary N) is 1. The van der Waals surface area contributed by atoms with Crippen LogP contribution in [0.15, 0.2) is 72.8 Å². The van der Waals surface area contributed by atoms with Crippen molar-refractivity contribution in [2.45, 2.75) is 32.4 Å². The number of H-pyrrole nitrogens is 1. The fourth-order valence-corrected chi connectivity index (χ4v) is 5.76. The summed E-state index contributed by atoms with van der Waals surface area (Å²) in [5, 5.41) is 1.76. The minimum atomic E-state index is -0.319. The fourth-order valence-electron chi connectivity index (χ4n) is 5.33. The average molecular weight is 438 g/mol. The Morgan fingerprint density at radius 3 is 2.50 bits per heavy atom. The largest absolute Gasteiger partial charge is 0.356 e. The number of rotatable bonds is 2. The highest BCUT2D eigenvalue weighted by molar-refractivity contribution is 7.80. The summed E-state index contributed by atoms with van der Waals surface area (Å²) in [6, 6.07) is 24.4. The molecule has 2 atom stereocenters. The molecule has 0 aliphatic carbocycles. The van der Waals surface area contributed by atoms with Crippen molar-refractivity contribution in [1.29, 1.82) is 0 Å². The molecule has 158 valence electrons. The lowest BCUT2D eigenvalue weighted by Crippen LogP contribution is -2.44. The number of thiocarbonyl (C=S) groups is 1. The van der Waals surface area contributed by atoms with E-state index in [-0.39, 0.29) is 18.0 Å². The monoisotopic (exact) mass is 437 g/mol. The van der Waals surface area contributed by atoms with Crippen LogP contribution >= 0.6 is 12.2 Å². The van der Waals surface area contributed by atoms with Gasteiger partial charge in [-0.15, -0.1) is 0 Å². The first-order valence-corrected chi connectivity index (χ1v) is 11.3. The van der Waals surface area contributed by atoms with Gasteiger partial charge in [0.25, 0.3) is 5.91 Å². The number of anilines is 1. The molecule has 1 amide bonds. The number of aryl methyl sites for hydroxylation is 2. The smallest absolute Gasteiger partial charge is 0.256 e. The van der Waals surface area contributed by atoms with Gasteiger partial charge in [0.15, 0.2) is 5.11 Å². The van der Waals surface area contributed by atoms with E-state index in [0.29, 0.717) is 11.5 Å². The lowest BCUT2D eigenvalue weighted by Gasteiger charge is -2.37. The summed E-state index contributed by atoms with van der Waals surface area (Å²) in [7, 11) is 0. The Balaban J connectivity index is 1.55. The van der Waals surface area contributed by atoms with Crippen molar-refractivity contribution in [3.05, 3.63) is 101 Å². The van der Waals surface area contributed by atoms with Crippen LogP contribution in [-0.4, -0.2) is 26.9 Å². The van der Waals surface area contributed by atoms with Crippen molar-refractivity contribution >= 4 is 39.8 Å². The molecule has 2 aliphatic heterocycles. The highest BCUT2D eigenvalue weighted by Crippen LogP contribution is 2.45. The van der Waals surface area contributed by atoms with Crippen molar-refractivity contribution in [2.75, 3.05) is 4.90 Å². The number of aromatic amines is 1. The maximum Gasteiger partial charge on any atom is 0.256 e. The van der Waals surface area contributed by atoms with Crippen molar-refractivity contribution < 1.29 is 4.79 Å². The zero-order chi connectivity index (χ0) is 22.0. The van der Waals surface area contributed by atoms with Crippen LogP contribution in [0, 0.1) is 13.8 Å². The van der Waals surface area contributed by atoms with E-state index >= 15 is 0 Å². The van der Waals surface area contributed by atoms with Gasteiger partial charge < -0.3 is 9.88 Å². The number of para-hydroxylation sites is 1. The topological polar surface area (TPSA) is 39.3 Å². The molecule has 5 heteroatoms. The molecule has 0 radical (unpaired) electrons. The molecule has 3 aromatic carbocycles. The highest BCUT2D eigenvalue weighted by atomic mass is 32.1. The van der Waals surface area contributed by atoms with E-state index in [9.17, 15) is 4.79 Å². The fraction of sp³-hybridized carbons (Fsp3) is 0.185. The molecule has 1 fully saturated rings. The van der Waals surface area contributed by atoms with Crippen molar-refractivity contribution in [2.24, 2.45) is 0 Å². The van der Waals surface area contributed by atoms with Gasteiger partial charge in [0.05, 0.1) is 11.7 Å². The van der Waals surface area contributed by atoms with Gasteiger partial charge in [-0.2, -0.15) is 0 Å². The van der Waals surface area contributed by atoms with Crippen LogP contribution in [0.2, 0.25) is 0 Å². The first kappa shape index (κ1) is 19.3. The zero-order valence-electron chi connectivity index (χ0n) is 18.0. The zero-order valence-corrected chi connectivity index (χ0v) is 18.8. The quantitative estimate of drug-likeness (QED) is 0.425. The molecule has 4 nitrogen and oxygen atoms in total. The Morgan fingerprint density at radius 2 is 1.72 bits per heavy atom. The van der Waals surface area contributed by atoms with Gasteiger partial charge in [0, 0.05) is 23.0 Å². The highest BCUT2D eigenvalue weighted by Gasteiger charge is 2.51. The molecule has 1 N–H and O–H groups in total. The molecular weight excluding hydrogens is 414 g/mol. The summed E-state index contributed by atoms with van der Waals surface area (Å²) >= 11 is 5.99. The van der Waals surface area contributed by atoms with Crippen molar-refractivity contribution in [3.63, 3.8) is 0 Å². The molecule has 0 unspecified atom stereocenters. The second-order valence-electron chi connectivity index (χ2n) is 8.75. The summed E-state index contributed by atoms with van der Waals surface area (Å²) < 4.78 is 0. The van der Waals surface area contributed by atoms with Crippen molar-refractivity contribution in [3.8, 4) is 0 Å². The third kappa shape index (κ3) is 2.67. The molecule has 0 saturated carbocycles. The lowest BCUT2D eigenvalue weighted by molar-refractivity contribution is -0.120. The molecular formula is C27H23N3OS. The normalized spacial score (nSPS) is 20.1. The molecule has 1 aromatic heterocycles. The van der Waals surface area contributed by atoms with Crippen LogP contribution in [-0.2, 0) is 11.2 Å². The van der Waals surface area contributed by atoms with E-state index in [0.717, 1.165) is 28.0 Å². The number of carbonyl (C=O) groups excluding carboxylic acids is 1. The maximum absolute atomic E-state index is 13.8. The molecule has 0 spiro atoms. The van der Waals surface area contributed by atoms with E-state index in [1.54, 1.807) is 4.90 Å². The third-order valence-corrected chi connectivity index (χ3v) is 7.15. The molecule has 32 heavy (non-hydrogen) atoms. The van der Waals surface area contributed by atoms with E-state index in [1.807, 2.05) is 43.3 Å². The summed E-state index contributed by atoms with van der Waals surface area (Å²) in [6.07, 6.45) is 0.642. The molecule has 4 aromatic rings. The predicted octanol–water partition coefficient (Wildman–Crippen LogP) is 5.43. The number of nitrogens with zero attached hydrogens (tertiary/aromatic N) is 2. The Bertz CT molecular complexity index is 1390. The maximum atomic E-state index is 13.8. The standard InChI is InChI=1S/C27H23N3OS/c1-16-12-13-22(17(2)14-16)30-26(31)23-15-20-19-10-6-7-11-21(19)28-24(20)25(29(23)27(30)32)18-8-4-3-5-9-18/h3-14,23,25,28H,15H2,1-2H3/t23-,25+/m1/s1. The number of carbonyl (C=O) groups is 1. The SMILES string of the molecule is Cc1ccc(N2C(=O)[C@H]3Cc4c([nH]c5ccccc45)[C@H](c4ccccc4)N3C2=S)c(C)c1. The number of hydrogen-bond acceptors (Lipinski definition) is 2. The van der Waals surface area contributed by atoms with Crippen LogP contribution in [0.3, 0.4) is 0 Å². The molecule has 6 rings (SSSR count). The van der Waals surface area contributed by atoms with Gasteiger partial charge in [-0.25, -0.2) is 0 Å². The molecule has 0 bridgehead atoms. The van der Waals surface area contributed by atoms with Crippen LogP contribution in [0.25, 0.3) is 10.9 Å².